The van der Waals surface area contributed by atoms with Crippen molar-refractivity contribution < 1.29 is 0 Å². The van der Waals surface area contributed by atoms with Crippen LogP contribution < -0.4 is 10.6 Å². The number of aromatic nitrogens is 2. The second-order valence-corrected chi connectivity index (χ2v) is 5.87. The molecule has 0 bridgehead atoms. The number of nitrogens with zero attached hydrogens (tertiary/aromatic N) is 2. The van der Waals surface area contributed by atoms with Crippen molar-refractivity contribution in [3.05, 3.63) is 64.6 Å². The van der Waals surface area contributed by atoms with E-state index in [0.29, 0.717) is 27.5 Å². The van der Waals surface area contributed by atoms with Crippen LogP contribution in [0.15, 0.2) is 54.6 Å². The van der Waals surface area contributed by atoms with Gasteiger partial charge in [0.1, 0.15) is 5.82 Å². The standard InChI is InChI=1S/C18H16Cl2N4/c1-2-21-18-23-15(12-7-4-3-5-8-12)11-16(24-18)22-14-10-6-9-13(19)17(14)20/h3-11H,2H2,1H3,(H2,21,22,23,24). The summed E-state index contributed by atoms with van der Waals surface area (Å²) in [5.41, 5.74) is 2.53. The Morgan fingerprint density at radius 1 is 0.958 bits per heavy atom. The molecule has 0 fully saturated rings. The number of hydrogen-bond donors (Lipinski definition) is 2. The van der Waals surface area contributed by atoms with Crippen molar-refractivity contribution in [1.82, 2.24) is 9.97 Å². The molecule has 2 aromatic carbocycles. The van der Waals surface area contributed by atoms with Gasteiger partial charge in [-0.15, -0.1) is 0 Å². The Hall–Kier alpha value is -2.30. The topological polar surface area (TPSA) is 49.8 Å². The van der Waals surface area contributed by atoms with E-state index in [1.54, 1.807) is 6.07 Å². The first kappa shape index (κ1) is 16.6. The maximum absolute atomic E-state index is 6.25. The smallest absolute Gasteiger partial charge is 0.225 e. The van der Waals surface area contributed by atoms with Crippen LogP contribution in [0.2, 0.25) is 10.0 Å². The Labute approximate surface area is 150 Å². The molecule has 0 amide bonds. The second kappa shape index (κ2) is 7.51. The SMILES string of the molecule is CCNc1nc(Nc2cccc(Cl)c2Cl)cc(-c2ccccc2)n1. The molecule has 0 spiro atoms. The zero-order valence-electron chi connectivity index (χ0n) is 13.1. The molecule has 24 heavy (non-hydrogen) atoms. The van der Waals surface area contributed by atoms with Crippen molar-refractivity contribution in [1.29, 1.82) is 0 Å². The molecule has 0 aliphatic heterocycles. The first-order valence-electron chi connectivity index (χ1n) is 7.57. The highest BCUT2D eigenvalue weighted by Crippen LogP contribution is 2.32. The average Bonchev–Trinajstić information content (AvgIpc) is 2.60. The van der Waals surface area contributed by atoms with Gasteiger partial charge in [0.15, 0.2) is 0 Å². The summed E-state index contributed by atoms with van der Waals surface area (Å²) < 4.78 is 0. The van der Waals surface area contributed by atoms with Crippen LogP contribution in [0.5, 0.6) is 0 Å². The largest absolute Gasteiger partial charge is 0.354 e. The van der Waals surface area contributed by atoms with Gasteiger partial charge in [-0.3, -0.25) is 0 Å². The summed E-state index contributed by atoms with van der Waals surface area (Å²) >= 11 is 12.3. The highest BCUT2D eigenvalue weighted by Gasteiger charge is 2.09. The molecule has 1 heterocycles. The zero-order valence-corrected chi connectivity index (χ0v) is 14.6. The monoisotopic (exact) mass is 358 g/mol. The van der Waals surface area contributed by atoms with Gasteiger partial charge in [0.2, 0.25) is 5.95 Å². The lowest BCUT2D eigenvalue weighted by atomic mass is 10.1. The average molecular weight is 359 g/mol. The van der Waals surface area contributed by atoms with Crippen LogP contribution in [0, 0.1) is 0 Å². The molecule has 2 N–H and O–H groups in total. The molecular formula is C18H16Cl2N4. The van der Waals surface area contributed by atoms with Gasteiger partial charge in [-0.25, -0.2) is 4.98 Å². The van der Waals surface area contributed by atoms with Crippen LogP contribution in [0.25, 0.3) is 11.3 Å². The van der Waals surface area contributed by atoms with Gasteiger partial charge in [-0.1, -0.05) is 59.6 Å². The van der Waals surface area contributed by atoms with Crippen molar-refractivity contribution in [3.8, 4) is 11.3 Å². The molecule has 0 radical (unpaired) electrons. The van der Waals surface area contributed by atoms with Crippen molar-refractivity contribution in [3.63, 3.8) is 0 Å². The summed E-state index contributed by atoms with van der Waals surface area (Å²) in [7, 11) is 0. The lowest BCUT2D eigenvalue weighted by Crippen LogP contribution is -2.05. The Morgan fingerprint density at radius 2 is 1.75 bits per heavy atom. The molecule has 0 saturated heterocycles. The van der Waals surface area contributed by atoms with E-state index in [0.717, 1.165) is 17.8 Å². The fraction of sp³-hybridized carbons (Fsp3) is 0.111. The van der Waals surface area contributed by atoms with E-state index >= 15 is 0 Å². The summed E-state index contributed by atoms with van der Waals surface area (Å²) in [5, 5.41) is 7.32. The molecule has 6 heteroatoms. The van der Waals surface area contributed by atoms with Crippen molar-refractivity contribution in [2.75, 3.05) is 17.2 Å². The normalized spacial score (nSPS) is 10.5. The van der Waals surface area contributed by atoms with Gasteiger partial charge in [-0.2, -0.15) is 4.98 Å². The first-order valence-corrected chi connectivity index (χ1v) is 8.32. The minimum Gasteiger partial charge on any atom is -0.354 e. The molecule has 122 valence electrons. The summed E-state index contributed by atoms with van der Waals surface area (Å²) in [6.45, 7) is 2.73. The fourth-order valence-corrected chi connectivity index (χ4v) is 2.59. The summed E-state index contributed by atoms with van der Waals surface area (Å²) in [4.78, 5) is 9.03. The molecule has 4 nitrogen and oxygen atoms in total. The van der Waals surface area contributed by atoms with E-state index in [4.69, 9.17) is 23.2 Å². The Balaban J connectivity index is 2.00. The number of rotatable bonds is 5. The summed E-state index contributed by atoms with van der Waals surface area (Å²) in [6, 6.07) is 17.3. The van der Waals surface area contributed by atoms with E-state index in [1.807, 2.05) is 55.5 Å². The summed E-state index contributed by atoms with van der Waals surface area (Å²) in [6.07, 6.45) is 0. The predicted octanol–water partition coefficient (Wildman–Crippen LogP) is 5.63. The zero-order chi connectivity index (χ0) is 16.9. The van der Waals surface area contributed by atoms with Crippen LogP contribution in [-0.2, 0) is 0 Å². The third-order valence-electron chi connectivity index (χ3n) is 3.34. The van der Waals surface area contributed by atoms with Crippen LogP contribution in [-0.4, -0.2) is 16.5 Å². The molecule has 0 saturated carbocycles. The van der Waals surface area contributed by atoms with Gasteiger partial charge in [0.05, 0.1) is 21.4 Å². The van der Waals surface area contributed by atoms with Crippen LogP contribution >= 0.6 is 23.2 Å². The van der Waals surface area contributed by atoms with E-state index in [1.165, 1.54) is 0 Å². The molecule has 1 aromatic heterocycles. The minimum absolute atomic E-state index is 0.462. The molecule has 3 aromatic rings. The van der Waals surface area contributed by atoms with Gasteiger partial charge in [-0.05, 0) is 19.1 Å². The lowest BCUT2D eigenvalue weighted by molar-refractivity contribution is 1.09. The first-order chi connectivity index (χ1) is 11.7. The minimum atomic E-state index is 0.462. The number of hydrogen-bond acceptors (Lipinski definition) is 4. The molecular weight excluding hydrogens is 343 g/mol. The van der Waals surface area contributed by atoms with Crippen molar-refractivity contribution in [2.24, 2.45) is 0 Å². The van der Waals surface area contributed by atoms with Crippen LogP contribution in [0.4, 0.5) is 17.5 Å². The predicted molar refractivity (Wildman–Crippen MR) is 101 cm³/mol. The Bertz CT molecular complexity index is 838. The molecule has 0 atom stereocenters. The third-order valence-corrected chi connectivity index (χ3v) is 4.16. The van der Waals surface area contributed by atoms with Gasteiger partial charge >= 0.3 is 0 Å². The highest BCUT2D eigenvalue weighted by molar-refractivity contribution is 6.43. The number of halogens is 2. The van der Waals surface area contributed by atoms with Crippen LogP contribution in [0.1, 0.15) is 6.92 Å². The van der Waals surface area contributed by atoms with Crippen molar-refractivity contribution in [2.45, 2.75) is 6.92 Å². The number of nitrogens with one attached hydrogen (secondary N) is 2. The van der Waals surface area contributed by atoms with E-state index in [-0.39, 0.29) is 0 Å². The molecule has 0 aliphatic rings. The van der Waals surface area contributed by atoms with E-state index in [9.17, 15) is 0 Å². The fourth-order valence-electron chi connectivity index (χ4n) is 2.24. The number of benzene rings is 2. The van der Waals surface area contributed by atoms with Gasteiger partial charge in [0, 0.05) is 18.2 Å². The molecule has 0 aliphatic carbocycles. The van der Waals surface area contributed by atoms with Gasteiger partial charge < -0.3 is 10.6 Å². The quantitative estimate of drug-likeness (QED) is 0.620. The lowest BCUT2D eigenvalue weighted by Gasteiger charge is -2.12. The second-order valence-electron chi connectivity index (χ2n) is 5.08. The maximum atomic E-state index is 6.25. The van der Waals surface area contributed by atoms with Crippen molar-refractivity contribution >= 4 is 40.7 Å². The van der Waals surface area contributed by atoms with Crippen LogP contribution in [0.3, 0.4) is 0 Å². The van der Waals surface area contributed by atoms with E-state index < -0.39 is 0 Å². The van der Waals surface area contributed by atoms with E-state index in [2.05, 4.69) is 20.6 Å². The molecule has 0 unspecified atom stereocenters. The molecule has 3 rings (SSSR count). The number of anilines is 3. The Kier molecular flexibility index (Phi) is 5.18. The third kappa shape index (κ3) is 3.78. The summed E-state index contributed by atoms with van der Waals surface area (Å²) in [5.74, 6) is 1.20. The highest BCUT2D eigenvalue weighted by atomic mass is 35.5. The maximum Gasteiger partial charge on any atom is 0.225 e. The van der Waals surface area contributed by atoms with Gasteiger partial charge in [0.25, 0.3) is 0 Å². The Morgan fingerprint density at radius 3 is 2.50 bits per heavy atom.